The van der Waals surface area contributed by atoms with Gasteiger partial charge in [-0.2, -0.15) is 0 Å². The summed E-state index contributed by atoms with van der Waals surface area (Å²) < 4.78 is 46.9. The highest BCUT2D eigenvalue weighted by Gasteiger charge is 2.43. The summed E-state index contributed by atoms with van der Waals surface area (Å²) in [4.78, 5) is 14.9. The van der Waals surface area contributed by atoms with Crippen molar-refractivity contribution in [3.05, 3.63) is 95.3 Å². The van der Waals surface area contributed by atoms with Gasteiger partial charge in [-0.25, -0.2) is 18.0 Å². The summed E-state index contributed by atoms with van der Waals surface area (Å²) in [5, 5.41) is 9.38. The van der Waals surface area contributed by atoms with Crippen molar-refractivity contribution in [1.82, 2.24) is 4.90 Å². The summed E-state index contributed by atoms with van der Waals surface area (Å²) in [5.41, 5.74) is 1.57. The van der Waals surface area contributed by atoms with Gasteiger partial charge in [-0.1, -0.05) is 43.3 Å². The summed E-state index contributed by atoms with van der Waals surface area (Å²) in [6.07, 6.45) is 1.55. The van der Waals surface area contributed by atoms with Crippen molar-refractivity contribution >= 4 is 6.09 Å². The van der Waals surface area contributed by atoms with Crippen LogP contribution in [0.15, 0.2) is 66.7 Å². The molecule has 0 bridgehead atoms. The molecule has 1 N–H and O–H groups in total. The van der Waals surface area contributed by atoms with Crippen molar-refractivity contribution in [2.75, 3.05) is 13.2 Å². The van der Waals surface area contributed by atoms with Crippen LogP contribution in [0.25, 0.3) is 11.1 Å². The van der Waals surface area contributed by atoms with Crippen molar-refractivity contribution in [3.63, 3.8) is 0 Å². The number of aliphatic hydroxyl groups excluding tert-OH is 1. The minimum Gasteiger partial charge on any atom is -0.438 e. The molecule has 184 valence electrons. The van der Waals surface area contributed by atoms with Crippen LogP contribution in [-0.4, -0.2) is 29.3 Å². The van der Waals surface area contributed by atoms with Crippen LogP contribution in [0.1, 0.15) is 49.8 Å². The Bertz CT molecular complexity index is 1170. The summed E-state index contributed by atoms with van der Waals surface area (Å²) in [6, 6.07) is 16.4. The van der Waals surface area contributed by atoms with Crippen molar-refractivity contribution in [2.24, 2.45) is 0 Å². The molecule has 1 aliphatic heterocycles. The Kier molecular flexibility index (Phi) is 7.45. The van der Waals surface area contributed by atoms with Crippen LogP contribution < -0.4 is 0 Å². The first kappa shape index (κ1) is 24.8. The number of benzene rings is 3. The van der Waals surface area contributed by atoms with E-state index in [1.54, 1.807) is 29.2 Å². The Morgan fingerprint density at radius 1 is 1.00 bits per heavy atom. The number of hydrogen-bond acceptors (Lipinski definition) is 3. The number of cyclic esters (lactones) is 1. The van der Waals surface area contributed by atoms with E-state index >= 15 is 0 Å². The molecule has 1 aliphatic rings. The number of hydrogen-bond donors (Lipinski definition) is 1. The fraction of sp³-hybridized carbons (Fsp3) is 0.321. The largest absolute Gasteiger partial charge is 0.438 e. The average Bonchev–Trinajstić information content (AvgIpc) is 2.85. The van der Waals surface area contributed by atoms with Crippen LogP contribution >= 0.6 is 0 Å². The molecule has 0 aromatic heterocycles. The lowest BCUT2D eigenvalue weighted by molar-refractivity contribution is -0.0697. The van der Waals surface area contributed by atoms with Gasteiger partial charge in [0.1, 0.15) is 23.1 Å². The van der Waals surface area contributed by atoms with Crippen LogP contribution in [0.2, 0.25) is 0 Å². The Hall–Kier alpha value is -3.32. The maximum atomic E-state index is 14.2. The minimum atomic E-state index is -0.924. The number of aliphatic hydroxyl groups is 1. The first-order chi connectivity index (χ1) is 16.9. The zero-order chi connectivity index (χ0) is 25.0. The SMILES string of the molecule is CC[C@@H](c1ccc(-c2ccc(F)cc2F)cc1)N1CC[C@](CCCO)(c2ccc(F)cc2)OC1=O. The second-order valence-corrected chi connectivity index (χ2v) is 8.81. The number of carbonyl (C=O) groups is 1. The van der Waals surface area contributed by atoms with Gasteiger partial charge in [0.2, 0.25) is 0 Å². The van der Waals surface area contributed by atoms with E-state index in [4.69, 9.17) is 4.74 Å². The monoisotopic (exact) mass is 483 g/mol. The molecule has 4 nitrogen and oxygen atoms in total. The van der Waals surface area contributed by atoms with Gasteiger partial charge in [-0.05, 0) is 60.2 Å². The van der Waals surface area contributed by atoms with Crippen molar-refractivity contribution in [2.45, 2.75) is 44.2 Å². The number of ether oxygens (including phenoxy) is 1. The Labute approximate surface area is 203 Å². The molecule has 0 aliphatic carbocycles. The maximum Gasteiger partial charge on any atom is 0.411 e. The van der Waals surface area contributed by atoms with E-state index in [0.29, 0.717) is 48.9 Å². The molecule has 3 aromatic carbocycles. The van der Waals surface area contributed by atoms with E-state index in [1.807, 2.05) is 19.1 Å². The molecule has 1 amide bonds. The highest BCUT2D eigenvalue weighted by molar-refractivity contribution is 5.70. The van der Waals surface area contributed by atoms with Gasteiger partial charge >= 0.3 is 6.09 Å². The zero-order valence-corrected chi connectivity index (χ0v) is 19.5. The molecule has 1 fully saturated rings. The molecule has 0 saturated carbocycles. The van der Waals surface area contributed by atoms with Crippen LogP contribution in [0.5, 0.6) is 0 Å². The smallest absolute Gasteiger partial charge is 0.411 e. The second-order valence-electron chi connectivity index (χ2n) is 8.81. The number of amides is 1. The van der Waals surface area contributed by atoms with Crippen LogP contribution in [-0.2, 0) is 10.3 Å². The first-order valence-corrected chi connectivity index (χ1v) is 11.8. The molecule has 2 atom stereocenters. The molecule has 7 heteroatoms. The summed E-state index contributed by atoms with van der Waals surface area (Å²) in [6.45, 7) is 2.36. The van der Waals surface area contributed by atoms with Gasteiger partial charge in [-0.15, -0.1) is 0 Å². The Morgan fingerprint density at radius 2 is 1.69 bits per heavy atom. The summed E-state index contributed by atoms with van der Waals surface area (Å²) >= 11 is 0. The fourth-order valence-corrected chi connectivity index (χ4v) is 4.84. The summed E-state index contributed by atoms with van der Waals surface area (Å²) in [7, 11) is 0. The third kappa shape index (κ3) is 5.20. The first-order valence-electron chi connectivity index (χ1n) is 11.8. The van der Waals surface area contributed by atoms with E-state index in [1.165, 1.54) is 24.3 Å². The lowest BCUT2D eigenvalue weighted by Gasteiger charge is -2.44. The number of nitrogens with zero attached hydrogens (tertiary/aromatic N) is 1. The zero-order valence-electron chi connectivity index (χ0n) is 19.5. The van der Waals surface area contributed by atoms with Gasteiger partial charge in [0, 0.05) is 31.2 Å². The van der Waals surface area contributed by atoms with Crippen LogP contribution in [0, 0.1) is 17.5 Å². The quantitative estimate of drug-likeness (QED) is 0.386. The van der Waals surface area contributed by atoms with E-state index in [0.717, 1.165) is 11.6 Å². The summed E-state index contributed by atoms with van der Waals surface area (Å²) in [5.74, 6) is -1.64. The lowest BCUT2D eigenvalue weighted by Crippen LogP contribution is -2.49. The van der Waals surface area contributed by atoms with Gasteiger partial charge in [0.15, 0.2) is 0 Å². The molecule has 0 radical (unpaired) electrons. The standard InChI is InChI=1S/C28H28F3NO3/c1-2-26(20-6-4-19(5-7-20)24-13-12-23(30)18-25(24)31)32-16-15-28(14-3-17-33,35-27(32)34)21-8-10-22(29)11-9-21/h4-13,18,26,33H,2-3,14-17H2,1H3/t26-,28+/m0/s1. The van der Waals surface area contributed by atoms with Crippen LogP contribution in [0.4, 0.5) is 18.0 Å². The van der Waals surface area contributed by atoms with E-state index in [9.17, 15) is 23.1 Å². The topological polar surface area (TPSA) is 49.8 Å². The number of halogens is 3. The Morgan fingerprint density at radius 3 is 2.29 bits per heavy atom. The van der Waals surface area contributed by atoms with Crippen molar-refractivity contribution in [1.29, 1.82) is 0 Å². The van der Waals surface area contributed by atoms with Gasteiger partial charge in [0.25, 0.3) is 0 Å². The van der Waals surface area contributed by atoms with Gasteiger partial charge < -0.3 is 14.7 Å². The van der Waals surface area contributed by atoms with Crippen molar-refractivity contribution < 1.29 is 27.8 Å². The van der Waals surface area contributed by atoms with E-state index < -0.39 is 23.3 Å². The van der Waals surface area contributed by atoms with Crippen molar-refractivity contribution in [3.8, 4) is 11.1 Å². The second kappa shape index (κ2) is 10.5. The minimum absolute atomic E-state index is 0.0389. The van der Waals surface area contributed by atoms with Gasteiger partial charge in [0.05, 0.1) is 6.04 Å². The predicted octanol–water partition coefficient (Wildman–Crippen LogP) is 6.73. The normalized spacial score (nSPS) is 18.9. The molecule has 3 aromatic rings. The molecule has 4 rings (SSSR count). The fourth-order valence-electron chi connectivity index (χ4n) is 4.84. The molecule has 35 heavy (non-hydrogen) atoms. The van der Waals surface area contributed by atoms with E-state index in [-0.39, 0.29) is 18.5 Å². The predicted molar refractivity (Wildman–Crippen MR) is 127 cm³/mol. The highest BCUT2D eigenvalue weighted by atomic mass is 19.1. The third-order valence-electron chi connectivity index (χ3n) is 6.68. The molecular formula is C28H28F3NO3. The number of rotatable bonds is 8. The van der Waals surface area contributed by atoms with Crippen LogP contribution in [0.3, 0.4) is 0 Å². The highest BCUT2D eigenvalue weighted by Crippen LogP contribution is 2.41. The third-order valence-corrected chi connectivity index (χ3v) is 6.68. The Balaban J connectivity index is 1.55. The molecule has 0 spiro atoms. The molecule has 0 unspecified atom stereocenters. The number of carbonyl (C=O) groups excluding carboxylic acids is 1. The molecule has 1 saturated heterocycles. The maximum absolute atomic E-state index is 14.2. The lowest BCUT2D eigenvalue weighted by atomic mass is 9.84. The average molecular weight is 484 g/mol. The molecule has 1 heterocycles. The molecular weight excluding hydrogens is 455 g/mol. The van der Waals surface area contributed by atoms with E-state index in [2.05, 4.69) is 0 Å². The van der Waals surface area contributed by atoms with Gasteiger partial charge in [-0.3, -0.25) is 0 Å².